The van der Waals surface area contributed by atoms with Crippen LogP contribution < -0.4 is 10.9 Å². The standard InChI is InChI=1S/C28H31F2N5O3/c1-17-4-3-5-19(12-17)23(36)15-32-21-6-7-31-27(37)24(21)26-33-22-14-20(13-18(2)25(22)34-26)28(29,30)16-35-8-10-38-11-9-35/h3-7,12-14,23,36H,8-11,15-16H2,1-2H3,(H,33,34)(H2,31,32,37). The number of ether oxygens (including phenoxy) is 1. The number of morpholine rings is 1. The molecule has 1 saturated heterocycles. The highest BCUT2D eigenvalue weighted by atomic mass is 19.3. The number of H-pyrrole nitrogens is 2. The predicted octanol–water partition coefficient (Wildman–Crippen LogP) is 4.10. The molecule has 0 saturated carbocycles. The minimum Gasteiger partial charge on any atom is -0.387 e. The van der Waals surface area contributed by atoms with Gasteiger partial charge in [0.15, 0.2) is 0 Å². The average molecular weight is 524 g/mol. The second-order valence-electron chi connectivity index (χ2n) is 9.77. The quantitative estimate of drug-likeness (QED) is 0.277. The number of aromatic nitrogens is 3. The fourth-order valence-corrected chi connectivity index (χ4v) is 4.81. The van der Waals surface area contributed by atoms with E-state index in [1.165, 1.54) is 18.3 Å². The molecule has 1 aliphatic heterocycles. The number of aromatic amines is 2. The summed E-state index contributed by atoms with van der Waals surface area (Å²) in [4.78, 5) is 24.9. The van der Waals surface area contributed by atoms with Crippen LogP contribution in [0.2, 0.25) is 0 Å². The summed E-state index contributed by atoms with van der Waals surface area (Å²) in [6.45, 7) is 5.28. The Kier molecular flexibility index (Phi) is 7.29. The molecule has 10 heteroatoms. The first-order valence-electron chi connectivity index (χ1n) is 12.6. The van der Waals surface area contributed by atoms with E-state index in [-0.39, 0.29) is 23.5 Å². The van der Waals surface area contributed by atoms with Gasteiger partial charge in [-0.15, -0.1) is 0 Å². The number of nitrogens with zero attached hydrogens (tertiary/aromatic N) is 2. The molecule has 2 aromatic heterocycles. The zero-order valence-electron chi connectivity index (χ0n) is 21.4. The Morgan fingerprint density at radius 1 is 1.18 bits per heavy atom. The molecule has 200 valence electrons. The van der Waals surface area contributed by atoms with E-state index in [0.717, 1.165) is 11.1 Å². The maximum atomic E-state index is 15.2. The summed E-state index contributed by atoms with van der Waals surface area (Å²) in [5.41, 5.74) is 3.51. The molecule has 1 fully saturated rings. The zero-order chi connectivity index (χ0) is 26.9. The smallest absolute Gasteiger partial charge is 0.285 e. The van der Waals surface area contributed by atoms with Crippen molar-refractivity contribution < 1.29 is 18.6 Å². The Morgan fingerprint density at radius 3 is 2.74 bits per heavy atom. The number of aryl methyl sites for hydroxylation is 2. The maximum absolute atomic E-state index is 15.2. The average Bonchev–Trinajstić information content (AvgIpc) is 3.32. The number of nitrogens with one attached hydrogen (secondary N) is 3. The van der Waals surface area contributed by atoms with Crippen LogP contribution in [0, 0.1) is 13.8 Å². The molecule has 0 bridgehead atoms. The number of aliphatic hydroxyl groups excluding tert-OH is 1. The normalized spacial score (nSPS) is 15.6. The van der Waals surface area contributed by atoms with E-state index >= 15 is 8.78 Å². The first-order valence-corrected chi connectivity index (χ1v) is 12.6. The van der Waals surface area contributed by atoms with Crippen molar-refractivity contribution in [2.45, 2.75) is 25.9 Å². The highest BCUT2D eigenvalue weighted by Crippen LogP contribution is 2.34. The van der Waals surface area contributed by atoms with Gasteiger partial charge >= 0.3 is 0 Å². The first-order chi connectivity index (χ1) is 18.2. The number of benzene rings is 2. The van der Waals surface area contributed by atoms with Crippen LogP contribution in [-0.2, 0) is 10.7 Å². The third-order valence-corrected chi connectivity index (χ3v) is 6.84. The summed E-state index contributed by atoms with van der Waals surface area (Å²) >= 11 is 0. The number of pyridine rings is 1. The third kappa shape index (κ3) is 5.47. The van der Waals surface area contributed by atoms with E-state index in [1.807, 2.05) is 31.2 Å². The summed E-state index contributed by atoms with van der Waals surface area (Å²) < 4.78 is 35.8. The van der Waals surface area contributed by atoms with E-state index in [2.05, 4.69) is 20.3 Å². The van der Waals surface area contributed by atoms with Crippen LogP contribution in [0.4, 0.5) is 14.5 Å². The SMILES string of the molecule is Cc1cccc(C(O)CNc2cc[nH]c(=O)c2-c2nc3c(C)cc(C(F)(F)CN4CCOCC4)cc3[nH]2)c1. The van der Waals surface area contributed by atoms with Gasteiger partial charge in [0.05, 0.1) is 42.6 Å². The molecule has 1 aliphatic rings. The number of aliphatic hydroxyl groups is 1. The minimum atomic E-state index is -3.07. The van der Waals surface area contributed by atoms with Crippen LogP contribution in [0.1, 0.15) is 28.4 Å². The molecule has 0 aliphatic carbocycles. The predicted molar refractivity (Wildman–Crippen MR) is 143 cm³/mol. The first kappa shape index (κ1) is 26.0. The Balaban J connectivity index is 1.43. The number of hydrogen-bond acceptors (Lipinski definition) is 6. The monoisotopic (exact) mass is 523 g/mol. The lowest BCUT2D eigenvalue weighted by Gasteiger charge is -2.30. The number of alkyl halides is 2. The fraction of sp³-hybridized carbons (Fsp3) is 0.357. The van der Waals surface area contributed by atoms with Gasteiger partial charge in [-0.05, 0) is 43.2 Å². The Bertz CT molecular complexity index is 1490. The van der Waals surface area contributed by atoms with Crippen molar-refractivity contribution in [3.63, 3.8) is 0 Å². The number of rotatable bonds is 8. The van der Waals surface area contributed by atoms with Crippen molar-refractivity contribution in [3.05, 3.63) is 81.3 Å². The lowest BCUT2D eigenvalue weighted by molar-refractivity contribution is -0.0616. The largest absolute Gasteiger partial charge is 0.387 e. The molecule has 0 radical (unpaired) electrons. The van der Waals surface area contributed by atoms with E-state index in [4.69, 9.17) is 4.74 Å². The highest BCUT2D eigenvalue weighted by Gasteiger charge is 2.35. The highest BCUT2D eigenvalue weighted by molar-refractivity contribution is 5.85. The second kappa shape index (κ2) is 10.6. The lowest BCUT2D eigenvalue weighted by Crippen LogP contribution is -2.42. The topological polar surface area (TPSA) is 106 Å². The van der Waals surface area contributed by atoms with Crippen molar-refractivity contribution in [3.8, 4) is 11.4 Å². The van der Waals surface area contributed by atoms with Crippen LogP contribution in [0.15, 0.2) is 53.5 Å². The van der Waals surface area contributed by atoms with Gasteiger partial charge in [-0.2, -0.15) is 8.78 Å². The maximum Gasteiger partial charge on any atom is 0.285 e. The van der Waals surface area contributed by atoms with E-state index in [9.17, 15) is 9.90 Å². The molecule has 38 heavy (non-hydrogen) atoms. The summed E-state index contributed by atoms with van der Waals surface area (Å²) in [6.07, 6.45) is 0.710. The molecule has 0 amide bonds. The summed E-state index contributed by atoms with van der Waals surface area (Å²) in [5, 5.41) is 13.8. The Hall–Kier alpha value is -3.60. The van der Waals surface area contributed by atoms with E-state index in [0.29, 0.717) is 48.6 Å². The molecule has 2 aromatic carbocycles. The van der Waals surface area contributed by atoms with Gasteiger partial charge in [-0.25, -0.2) is 4.98 Å². The molecule has 8 nitrogen and oxygen atoms in total. The molecular weight excluding hydrogens is 492 g/mol. The number of imidazole rings is 1. The molecule has 3 heterocycles. The summed E-state index contributed by atoms with van der Waals surface area (Å²) in [5.74, 6) is -2.81. The number of hydrogen-bond donors (Lipinski definition) is 4. The molecule has 1 atom stereocenters. The van der Waals surface area contributed by atoms with Crippen molar-refractivity contribution in [1.82, 2.24) is 19.9 Å². The van der Waals surface area contributed by atoms with Gasteiger partial charge in [0.1, 0.15) is 11.4 Å². The third-order valence-electron chi connectivity index (χ3n) is 6.84. The zero-order valence-corrected chi connectivity index (χ0v) is 21.4. The Morgan fingerprint density at radius 2 is 1.97 bits per heavy atom. The van der Waals surface area contributed by atoms with Crippen molar-refractivity contribution in [2.24, 2.45) is 0 Å². The second-order valence-corrected chi connectivity index (χ2v) is 9.77. The summed E-state index contributed by atoms with van der Waals surface area (Å²) in [7, 11) is 0. The van der Waals surface area contributed by atoms with Crippen molar-refractivity contribution in [1.29, 1.82) is 0 Å². The fourth-order valence-electron chi connectivity index (χ4n) is 4.81. The van der Waals surface area contributed by atoms with Gasteiger partial charge < -0.3 is 25.1 Å². The molecule has 0 spiro atoms. The van der Waals surface area contributed by atoms with Gasteiger partial charge in [-0.3, -0.25) is 9.69 Å². The van der Waals surface area contributed by atoms with E-state index in [1.54, 1.807) is 17.9 Å². The number of anilines is 1. The van der Waals surface area contributed by atoms with Gasteiger partial charge in [0.2, 0.25) is 0 Å². The van der Waals surface area contributed by atoms with Crippen LogP contribution >= 0.6 is 0 Å². The van der Waals surface area contributed by atoms with Crippen LogP contribution in [-0.4, -0.2) is 64.4 Å². The van der Waals surface area contributed by atoms with Gasteiger partial charge in [0, 0.05) is 31.4 Å². The molecule has 5 rings (SSSR count). The van der Waals surface area contributed by atoms with Crippen molar-refractivity contribution >= 4 is 16.7 Å². The van der Waals surface area contributed by atoms with Crippen LogP contribution in [0.25, 0.3) is 22.4 Å². The van der Waals surface area contributed by atoms with Gasteiger partial charge in [0.25, 0.3) is 11.5 Å². The van der Waals surface area contributed by atoms with Gasteiger partial charge in [-0.1, -0.05) is 29.8 Å². The molecule has 4 aromatic rings. The molecule has 4 N–H and O–H groups in total. The molecule has 1 unspecified atom stereocenters. The van der Waals surface area contributed by atoms with Crippen LogP contribution in [0.3, 0.4) is 0 Å². The molecular formula is C28H31F2N5O3. The van der Waals surface area contributed by atoms with Crippen molar-refractivity contribution in [2.75, 3.05) is 44.7 Å². The minimum absolute atomic E-state index is 0.106. The Labute approximate surface area is 218 Å². The summed E-state index contributed by atoms with van der Waals surface area (Å²) in [6, 6.07) is 12.1. The van der Waals surface area contributed by atoms with Crippen LogP contribution in [0.5, 0.6) is 0 Å². The number of fused-ring (bicyclic) bond motifs is 1. The lowest BCUT2D eigenvalue weighted by atomic mass is 10.0. The number of halogens is 2. The van der Waals surface area contributed by atoms with E-state index < -0.39 is 24.1 Å².